The van der Waals surface area contributed by atoms with Crippen LogP contribution in [0.2, 0.25) is 0 Å². The van der Waals surface area contributed by atoms with Gasteiger partial charge < -0.3 is 0 Å². The van der Waals surface area contributed by atoms with Crippen LogP contribution in [0.4, 0.5) is 0 Å². The summed E-state index contributed by atoms with van der Waals surface area (Å²) in [4.78, 5) is 0. The van der Waals surface area contributed by atoms with Crippen LogP contribution in [0.15, 0.2) is 12.7 Å². The van der Waals surface area contributed by atoms with Gasteiger partial charge in [-0.1, -0.05) is 116 Å². The summed E-state index contributed by atoms with van der Waals surface area (Å²) in [5.41, 5.74) is 0. The lowest BCUT2D eigenvalue weighted by Gasteiger charge is -2.07. The number of hydrogen-bond donors (Lipinski definition) is 0. The molecule has 0 radical (unpaired) electrons. The van der Waals surface area contributed by atoms with Gasteiger partial charge in [-0.15, -0.1) is 6.58 Å². The van der Waals surface area contributed by atoms with Gasteiger partial charge in [-0.3, -0.25) is 0 Å². The average Bonchev–Trinajstić information content (AvgIpc) is 2.48. The van der Waals surface area contributed by atoms with E-state index in [1.54, 1.807) is 0 Å². The van der Waals surface area contributed by atoms with Crippen LogP contribution in [0, 0.1) is 5.92 Å². The number of allylic oxidation sites excluding steroid dienone is 1. The summed E-state index contributed by atoms with van der Waals surface area (Å²) in [5.74, 6) is 0.847. The molecule has 0 bridgehead atoms. The zero-order valence-corrected chi connectivity index (χ0v) is 15.2. The molecule has 0 aromatic heterocycles. The van der Waals surface area contributed by atoms with E-state index in [4.69, 9.17) is 0 Å². The summed E-state index contributed by atoms with van der Waals surface area (Å²) in [6.07, 6.45) is 25.0. The van der Waals surface area contributed by atoms with Crippen molar-refractivity contribution in [2.75, 3.05) is 0 Å². The summed E-state index contributed by atoms with van der Waals surface area (Å²) in [5, 5.41) is 0. The van der Waals surface area contributed by atoms with Crippen LogP contribution < -0.4 is 0 Å². The van der Waals surface area contributed by atoms with Crippen molar-refractivity contribution in [3.63, 3.8) is 0 Å². The van der Waals surface area contributed by atoms with Gasteiger partial charge in [-0.25, -0.2) is 0 Å². The van der Waals surface area contributed by atoms with Crippen molar-refractivity contribution in [3.8, 4) is 0 Å². The quantitative estimate of drug-likeness (QED) is 0.188. The van der Waals surface area contributed by atoms with Crippen LogP contribution in [-0.2, 0) is 0 Å². The van der Waals surface area contributed by atoms with E-state index in [0.717, 1.165) is 5.92 Å². The SMILES string of the molecule is C=CCC(C)CCCCCCCCCCCCCCCC. The van der Waals surface area contributed by atoms with E-state index in [0.29, 0.717) is 0 Å². The fraction of sp³-hybridized carbons (Fsp3) is 0.905. The van der Waals surface area contributed by atoms with Crippen LogP contribution >= 0.6 is 0 Å². The Labute approximate surface area is 135 Å². The van der Waals surface area contributed by atoms with E-state index in [-0.39, 0.29) is 0 Å². The Morgan fingerprint density at radius 2 is 1.05 bits per heavy atom. The first-order valence-electron chi connectivity index (χ1n) is 9.92. The van der Waals surface area contributed by atoms with E-state index >= 15 is 0 Å². The fourth-order valence-corrected chi connectivity index (χ4v) is 3.09. The molecule has 0 aliphatic carbocycles. The minimum Gasteiger partial charge on any atom is -0.103 e. The lowest BCUT2D eigenvalue weighted by atomic mass is 9.99. The molecule has 0 N–H and O–H groups in total. The summed E-state index contributed by atoms with van der Waals surface area (Å²) < 4.78 is 0. The van der Waals surface area contributed by atoms with Gasteiger partial charge in [0.15, 0.2) is 0 Å². The first-order valence-corrected chi connectivity index (χ1v) is 9.92. The van der Waals surface area contributed by atoms with Crippen molar-refractivity contribution in [2.45, 2.75) is 117 Å². The van der Waals surface area contributed by atoms with E-state index < -0.39 is 0 Å². The van der Waals surface area contributed by atoms with E-state index in [1.807, 2.05) is 0 Å². The number of unbranched alkanes of at least 4 members (excludes halogenated alkanes) is 13. The molecule has 0 aliphatic heterocycles. The molecule has 0 nitrogen and oxygen atoms in total. The molecule has 126 valence electrons. The van der Waals surface area contributed by atoms with Crippen molar-refractivity contribution in [1.29, 1.82) is 0 Å². The molecular formula is C21H42. The summed E-state index contributed by atoms with van der Waals surface area (Å²) >= 11 is 0. The molecule has 21 heavy (non-hydrogen) atoms. The molecule has 0 heterocycles. The maximum absolute atomic E-state index is 3.82. The maximum atomic E-state index is 3.82. The lowest BCUT2D eigenvalue weighted by Crippen LogP contribution is -1.92. The number of rotatable bonds is 17. The van der Waals surface area contributed by atoms with Crippen molar-refractivity contribution < 1.29 is 0 Å². The zero-order chi connectivity index (χ0) is 15.6. The summed E-state index contributed by atoms with van der Waals surface area (Å²) in [6.45, 7) is 8.46. The normalized spacial score (nSPS) is 12.5. The van der Waals surface area contributed by atoms with Gasteiger partial charge in [0.25, 0.3) is 0 Å². The summed E-state index contributed by atoms with van der Waals surface area (Å²) in [7, 11) is 0. The van der Waals surface area contributed by atoms with Gasteiger partial charge in [0, 0.05) is 0 Å². The molecule has 0 aromatic rings. The molecule has 0 heteroatoms. The molecule has 0 aliphatic rings. The van der Waals surface area contributed by atoms with Crippen molar-refractivity contribution in [2.24, 2.45) is 5.92 Å². The predicted octanol–water partition coefficient (Wildman–Crippen LogP) is 8.07. The minimum absolute atomic E-state index is 0.847. The first kappa shape index (κ1) is 20.7. The number of hydrogen-bond acceptors (Lipinski definition) is 0. The Morgan fingerprint density at radius 3 is 1.43 bits per heavy atom. The second-order valence-corrected chi connectivity index (χ2v) is 7.01. The molecular weight excluding hydrogens is 252 g/mol. The topological polar surface area (TPSA) is 0 Å². The summed E-state index contributed by atoms with van der Waals surface area (Å²) in [6, 6.07) is 0. The highest BCUT2D eigenvalue weighted by molar-refractivity contribution is 4.70. The van der Waals surface area contributed by atoms with Crippen LogP contribution in [-0.4, -0.2) is 0 Å². The Hall–Kier alpha value is -0.260. The predicted molar refractivity (Wildman–Crippen MR) is 98.9 cm³/mol. The van der Waals surface area contributed by atoms with E-state index in [9.17, 15) is 0 Å². The Morgan fingerprint density at radius 1 is 0.667 bits per heavy atom. The molecule has 0 amide bonds. The highest BCUT2D eigenvalue weighted by Gasteiger charge is 1.99. The van der Waals surface area contributed by atoms with E-state index in [2.05, 4.69) is 26.5 Å². The second kappa shape index (κ2) is 17.8. The Balaban J connectivity index is 3.01. The van der Waals surface area contributed by atoms with Crippen molar-refractivity contribution in [3.05, 3.63) is 12.7 Å². The third-order valence-electron chi connectivity index (χ3n) is 4.62. The molecule has 0 saturated carbocycles. The smallest absolute Gasteiger partial charge is 0.0328 e. The highest BCUT2D eigenvalue weighted by atomic mass is 14.0. The van der Waals surface area contributed by atoms with Gasteiger partial charge in [0.2, 0.25) is 0 Å². The van der Waals surface area contributed by atoms with Crippen molar-refractivity contribution >= 4 is 0 Å². The minimum atomic E-state index is 0.847. The van der Waals surface area contributed by atoms with Crippen molar-refractivity contribution in [1.82, 2.24) is 0 Å². The third kappa shape index (κ3) is 17.7. The van der Waals surface area contributed by atoms with Gasteiger partial charge in [0.1, 0.15) is 0 Å². The molecule has 0 rings (SSSR count). The fourth-order valence-electron chi connectivity index (χ4n) is 3.09. The standard InChI is InChI=1S/C21H42/c1-4-6-7-8-9-10-11-12-13-14-15-16-17-18-20-21(3)19-5-2/h5,21H,2,4,6-20H2,1,3H3. The van der Waals surface area contributed by atoms with Crippen LogP contribution in [0.3, 0.4) is 0 Å². The third-order valence-corrected chi connectivity index (χ3v) is 4.62. The monoisotopic (exact) mass is 294 g/mol. The highest BCUT2D eigenvalue weighted by Crippen LogP contribution is 2.16. The second-order valence-electron chi connectivity index (χ2n) is 7.01. The van der Waals surface area contributed by atoms with Crippen LogP contribution in [0.25, 0.3) is 0 Å². The first-order chi connectivity index (χ1) is 10.3. The van der Waals surface area contributed by atoms with Crippen LogP contribution in [0.5, 0.6) is 0 Å². The van der Waals surface area contributed by atoms with Gasteiger partial charge in [0.05, 0.1) is 0 Å². The molecule has 0 saturated heterocycles. The molecule has 1 atom stereocenters. The molecule has 0 spiro atoms. The molecule has 0 fully saturated rings. The van der Waals surface area contributed by atoms with E-state index in [1.165, 1.54) is 103 Å². The van der Waals surface area contributed by atoms with Gasteiger partial charge in [-0.05, 0) is 12.3 Å². The zero-order valence-electron chi connectivity index (χ0n) is 15.2. The lowest BCUT2D eigenvalue weighted by molar-refractivity contribution is 0.482. The Kier molecular flexibility index (Phi) is 17.6. The van der Waals surface area contributed by atoms with Gasteiger partial charge in [-0.2, -0.15) is 0 Å². The molecule has 1 unspecified atom stereocenters. The Bertz CT molecular complexity index is 194. The largest absolute Gasteiger partial charge is 0.103 e. The van der Waals surface area contributed by atoms with Gasteiger partial charge >= 0.3 is 0 Å². The maximum Gasteiger partial charge on any atom is -0.0328 e. The molecule has 0 aromatic carbocycles. The van der Waals surface area contributed by atoms with Crippen LogP contribution in [0.1, 0.15) is 117 Å². The average molecular weight is 295 g/mol.